The van der Waals surface area contributed by atoms with Gasteiger partial charge in [0.1, 0.15) is 60.7 Å². The van der Waals surface area contributed by atoms with Crippen LogP contribution in [0, 0.1) is 11.8 Å². The van der Waals surface area contributed by atoms with E-state index in [1.165, 1.54) is 30.3 Å². The first-order valence-corrected chi connectivity index (χ1v) is 13.2. The maximum absolute atomic E-state index is 13.8. The van der Waals surface area contributed by atoms with Crippen LogP contribution in [0.1, 0.15) is 12.0 Å². The van der Waals surface area contributed by atoms with Gasteiger partial charge < -0.3 is 60.5 Å². The minimum Gasteiger partial charge on any atom is -0.508 e. The Morgan fingerprint density at radius 1 is 0.952 bits per heavy atom. The normalized spacial score (nSPS) is 42.1. The Labute approximate surface area is 238 Å². The molecule has 15 heteroatoms. The van der Waals surface area contributed by atoms with Gasteiger partial charge >= 0.3 is 0 Å². The maximum atomic E-state index is 13.8. The van der Waals surface area contributed by atoms with Crippen LogP contribution in [-0.4, -0.2) is 148 Å². The summed E-state index contributed by atoms with van der Waals surface area (Å²) in [6, 6.07) is 5.56. The van der Waals surface area contributed by atoms with Crippen molar-refractivity contribution < 1.29 is 74.9 Å². The fraction of sp³-hybridized carbons (Fsp3) is 0.593. The Bertz CT molecular complexity index is 1180. The van der Waals surface area contributed by atoms with Crippen LogP contribution in [0.3, 0.4) is 0 Å². The van der Waals surface area contributed by atoms with E-state index >= 15 is 0 Å². The highest BCUT2D eigenvalue weighted by atomic mass is 16.6. The number of aliphatic hydroxyl groups excluding tert-OH is 8. The lowest BCUT2D eigenvalue weighted by molar-refractivity contribution is -0.266. The number of rotatable bonds is 7. The number of allylic oxidation sites excluding steroid dienone is 1. The molecule has 2 heterocycles. The third kappa shape index (κ3) is 5.66. The third-order valence-electron chi connectivity index (χ3n) is 8.16. The Kier molecular flexibility index (Phi) is 9.61. The molecule has 1 saturated carbocycles. The number of aromatic hydroxyl groups is 1. The van der Waals surface area contributed by atoms with Crippen LogP contribution in [0.15, 0.2) is 30.3 Å². The van der Waals surface area contributed by atoms with Gasteiger partial charge in [-0.05, 0) is 30.2 Å². The van der Waals surface area contributed by atoms with Crippen LogP contribution in [0.2, 0.25) is 0 Å². The van der Waals surface area contributed by atoms with Gasteiger partial charge in [-0.3, -0.25) is 14.4 Å². The van der Waals surface area contributed by atoms with Crippen LogP contribution >= 0.6 is 0 Å². The summed E-state index contributed by atoms with van der Waals surface area (Å²) >= 11 is 0. The number of hydrogen-bond donors (Lipinski definition) is 10. The molecule has 15 nitrogen and oxygen atoms in total. The van der Waals surface area contributed by atoms with Crippen molar-refractivity contribution in [1.82, 2.24) is 0 Å². The minimum atomic E-state index is -3.41. The largest absolute Gasteiger partial charge is 0.508 e. The van der Waals surface area contributed by atoms with Crippen molar-refractivity contribution in [1.29, 1.82) is 0 Å². The molecule has 4 rings (SSSR count). The molecule has 0 aromatic heterocycles. The van der Waals surface area contributed by atoms with Crippen molar-refractivity contribution in [2.24, 2.45) is 11.8 Å². The average molecular weight is 599 g/mol. The number of phenolic OH excluding ortho intramolecular Hbond substituents is 1. The molecule has 42 heavy (non-hydrogen) atoms. The van der Waals surface area contributed by atoms with Gasteiger partial charge in [0.25, 0.3) is 0 Å². The van der Waals surface area contributed by atoms with Gasteiger partial charge in [0.2, 0.25) is 5.60 Å². The zero-order valence-corrected chi connectivity index (χ0v) is 22.0. The van der Waals surface area contributed by atoms with E-state index < -0.39 is 115 Å². The molecule has 2 aliphatic heterocycles. The molecule has 13 atom stereocenters. The van der Waals surface area contributed by atoms with E-state index in [0.29, 0.717) is 5.56 Å². The monoisotopic (exact) mass is 598 g/mol. The second-order valence-electron chi connectivity index (χ2n) is 10.8. The predicted octanol–water partition coefficient (Wildman–Crippen LogP) is -4.84. The van der Waals surface area contributed by atoms with Gasteiger partial charge in [-0.1, -0.05) is 18.2 Å². The summed E-state index contributed by atoms with van der Waals surface area (Å²) in [7, 11) is 0. The summed E-state index contributed by atoms with van der Waals surface area (Å²) in [6.45, 7) is -1.53. The van der Waals surface area contributed by atoms with E-state index in [9.17, 15) is 65.4 Å². The molecule has 10 unspecified atom stereocenters. The molecular weight excluding hydrogens is 564 g/mol. The molecule has 0 radical (unpaired) electrons. The lowest BCUT2D eigenvalue weighted by Crippen LogP contribution is -2.74. The standard InChI is InChI=1S/C27H34O15/c28-8-16-19(34)20(35)22(37)26(42-16)27(40)24(38)12(14(30)6-3-10-1-4-11(29)5-2-10)7-13(25(27)39)17(32)23-21(36)18(33)15(31)9-41-23/h1-6,12-13,15-23,26,28-29,31-37,40H,7-9H2/t12?,13?,15?,16?,17?,18?,19-,20+,21?,22?,23?,26-,27?/m0/s1. The zero-order valence-electron chi connectivity index (χ0n) is 22.0. The fourth-order valence-electron chi connectivity index (χ4n) is 5.64. The third-order valence-corrected chi connectivity index (χ3v) is 8.16. The summed E-state index contributed by atoms with van der Waals surface area (Å²) in [5.74, 6) is -7.66. The van der Waals surface area contributed by atoms with Crippen LogP contribution in [0.25, 0.3) is 6.08 Å². The van der Waals surface area contributed by atoms with Gasteiger partial charge in [-0.15, -0.1) is 0 Å². The number of Topliss-reactive ketones (excluding diaryl/α,β-unsaturated/α-hetero) is 2. The Morgan fingerprint density at radius 3 is 2.21 bits per heavy atom. The average Bonchev–Trinajstić information content (AvgIpc) is 2.97. The first kappa shape index (κ1) is 32.2. The molecule has 1 aromatic carbocycles. The van der Waals surface area contributed by atoms with Crippen LogP contribution in [0.4, 0.5) is 0 Å². The van der Waals surface area contributed by atoms with Crippen molar-refractivity contribution in [2.45, 2.75) is 73.1 Å². The Morgan fingerprint density at radius 2 is 1.60 bits per heavy atom. The number of ketones is 3. The van der Waals surface area contributed by atoms with Crippen LogP contribution in [0.5, 0.6) is 5.75 Å². The van der Waals surface area contributed by atoms with E-state index in [0.717, 1.165) is 6.08 Å². The van der Waals surface area contributed by atoms with E-state index in [1.54, 1.807) is 0 Å². The highest BCUT2D eigenvalue weighted by Gasteiger charge is 2.66. The first-order valence-electron chi connectivity index (χ1n) is 13.2. The number of carbonyl (C=O) groups excluding carboxylic acids is 3. The quantitative estimate of drug-likeness (QED) is 0.104. The molecule has 0 bridgehead atoms. The number of aliphatic hydroxyl groups is 9. The van der Waals surface area contributed by atoms with Gasteiger partial charge in [0.05, 0.1) is 31.2 Å². The van der Waals surface area contributed by atoms with Gasteiger partial charge in [-0.25, -0.2) is 0 Å². The minimum absolute atomic E-state index is 0.0503. The van der Waals surface area contributed by atoms with Gasteiger partial charge in [0.15, 0.2) is 17.3 Å². The Hall–Kier alpha value is -2.67. The van der Waals surface area contributed by atoms with Crippen molar-refractivity contribution in [3.05, 3.63) is 35.9 Å². The lowest BCUT2D eigenvalue weighted by Gasteiger charge is -2.49. The number of hydrogen-bond acceptors (Lipinski definition) is 15. The summed E-state index contributed by atoms with van der Waals surface area (Å²) in [4.78, 5) is 40.8. The fourth-order valence-corrected chi connectivity index (χ4v) is 5.64. The zero-order chi connectivity index (χ0) is 31.1. The number of benzene rings is 1. The second kappa shape index (κ2) is 12.5. The van der Waals surface area contributed by atoms with E-state index in [4.69, 9.17) is 9.47 Å². The number of ether oxygens (including phenoxy) is 2. The van der Waals surface area contributed by atoms with Crippen molar-refractivity contribution in [3.8, 4) is 5.75 Å². The van der Waals surface area contributed by atoms with Crippen molar-refractivity contribution in [2.75, 3.05) is 13.2 Å². The number of carbonyl (C=O) groups is 3. The second-order valence-corrected chi connectivity index (χ2v) is 10.8. The van der Waals surface area contributed by atoms with E-state index in [-0.39, 0.29) is 5.75 Å². The molecular formula is C27H34O15. The van der Waals surface area contributed by atoms with Crippen molar-refractivity contribution in [3.63, 3.8) is 0 Å². The lowest BCUT2D eigenvalue weighted by atomic mass is 9.63. The van der Waals surface area contributed by atoms with Crippen LogP contribution < -0.4 is 0 Å². The van der Waals surface area contributed by atoms with E-state index in [2.05, 4.69) is 0 Å². The van der Waals surface area contributed by atoms with Crippen LogP contribution in [-0.2, 0) is 23.9 Å². The molecule has 10 N–H and O–H groups in total. The smallest absolute Gasteiger partial charge is 0.211 e. The summed E-state index contributed by atoms with van der Waals surface area (Å²) in [5, 5.41) is 103. The highest BCUT2D eigenvalue weighted by Crippen LogP contribution is 2.41. The molecule has 1 aliphatic carbocycles. The summed E-state index contributed by atoms with van der Waals surface area (Å²) < 4.78 is 10.6. The molecule has 3 fully saturated rings. The molecule has 0 amide bonds. The summed E-state index contributed by atoms with van der Waals surface area (Å²) in [6.07, 6.45) is -17.8. The predicted molar refractivity (Wildman–Crippen MR) is 136 cm³/mol. The molecule has 232 valence electrons. The molecule has 2 saturated heterocycles. The van der Waals surface area contributed by atoms with E-state index in [1.807, 2.05) is 0 Å². The van der Waals surface area contributed by atoms with Crippen molar-refractivity contribution >= 4 is 23.4 Å². The Balaban J connectivity index is 1.73. The van der Waals surface area contributed by atoms with Gasteiger partial charge in [-0.2, -0.15) is 0 Å². The number of phenols is 1. The maximum Gasteiger partial charge on any atom is 0.211 e. The first-order chi connectivity index (χ1) is 19.7. The molecule has 3 aliphatic rings. The molecule has 1 aromatic rings. The highest BCUT2D eigenvalue weighted by molar-refractivity contribution is 6.22. The van der Waals surface area contributed by atoms with Gasteiger partial charge in [0, 0.05) is 0 Å². The topological polar surface area (TPSA) is 272 Å². The SMILES string of the molecule is O=C(C=Cc1ccc(O)cc1)C1CC(C(O)C2OCC(O)C(O)C2O)C(=O)C(O)([C@H]2OC(CO)[C@H](O)[C@@H](O)C2O)C1=O. The summed E-state index contributed by atoms with van der Waals surface area (Å²) in [5.41, 5.74) is -2.99. The molecule has 0 spiro atoms.